The maximum absolute atomic E-state index is 6.43. The van der Waals surface area contributed by atoms with Crippen molar-refractivity contribution in [2.75, 3.05) is 19.6 Å². The standard InChI is InChI=1S/C14H30N2/c1-5-10-16(6-2)11-12-8-7-9-14(3,4)13(12)15/h12-13H,5-11,15H2,1-4H3. The molecule has 0 amide bonds. The van der Waals surface area contributed by atoms with E-state index in [-0.39, 0.29) is 0 Å². The van der Waals surface area contributed by atoms with Gasteiger partial charge in [0.25, 0.3) is 0 Å². The summed E-state index contributed by atoms with van der Waals surface area (Å²) in [5.74, 6) is 0.704. The predicted octanol–water partition coefficient (Wildman–Crippen LogP) is 2.87. The minimum atomic E-state index is 0.342. The van der Waals surface area contributed by atoms with Crippen LogP contribution >= 0.6 is 0 Å². The SMILES string of the molecule is CCCN(CC)CC1CCCC(C)(C)C1N. The zero-order valence-electron chi connectivity index (χ0n) is 11.6. The maximum Gasteiger partial charge on any atom is 0.0131 e. The van der Waals surface area contributed by atoms with Crippen molar-refractivity contribution in [3.63, 3.8) is 0 Å². The van der Waals surface area contributed by atoms with E-state index in [1.54, 1.807) is 0 Å². The molecule has 1 rings (SSSR count). The van der Waals surface area contributed by atoms with E-state index in [0.717, 1.165) is 6.54 Å². The molecule has 2 atom stereocenters. The second-order valence-corrected chi connectivity index (χ2v) is 6.06. The minimum Gasteiger partial charge on any atom is -0.327 e. The van der Waals surface area contributed by atoms with E-state index in [0.29, 0.717) is 17.4 Å². The van der Waals surface area contributed by atoms with Gasteiger partial charge in [0.15, 0.2) is 0 Å². The molecule has 2 N–H and O–H groups in total. The van der Waals surface area contributed by atoms with Gasteiger partial charge in [-0.1, -0.05) is 34.1 Å². The van der Waals surface area contributed by atoms with Gasteiger partial charge in [-0.05, 0) is 43.7 Å². The van der Waals surface area contributed by atoms with Gasteiger partial charge in [0.2, 0.25) is 0 Å². The molecule has 0 aromatic carbocycles. The van der Waals surface area contributed by atoms with Gasteiger partial charge in [-0.2, -0.15) is 0 Å². The first kappa shape index (κ1) is 14.0. The van der Waals surface area contributed by atoms with Gasteiger partial charge >= 0.3 is 0 Å². The Morgan fingerprint density at radius 3 is 2.56 bits per heavy atom. The van der Waals surface area contributed by atoms with Crippen LogP contribution in [0.15, 0.2) is 0 Å². The lowest BCUT2D eigenvalue weighted by Gasteiger charge is -2.43. The molecular formula is C14H30N2. The third-order valence-corrected chi connectivity index (χ3v) is 4.29. The first-order valence-corrected chi connectivity index (χ1v) is 6.99. The van der Waals surface area contributed by atoms with Gasteiger partial charge in [0.05, 0.1) is 0 Å². The van der Waals surface area contributed by atoms with E-state index >= 15 is 0 Å². The fourth-order valence-electron chi connectivity index (χ4n) is 3.04. The van der Waals surface area contributed by atoms with E-state index in [1.165, 1.54) is 38.8 Å². The molecule has 16 heavy (non-hydrogen) atoms. The van der Waals surface area contributed by atoms with E-state index < -0.39 is 0 Å². The number of hydrogen-bond donors (Lipinski definition) is 1. The average Bonchev–Trinajstić information content (AvgIpc) is 2.24. The molecule has 2 nitrogen and oxygen atoms in total. The molecule has 1 fully saturated rings. The molecule has 96 valence electrons. The lowest BCUT2D eigenvalue weighted by molar-refractivity contribution is 0.104. The first-order valence-electron chi connectivity index (χ1n) is 6.99. The molecule has 0 heterocycles. The number of nitrogens with zero attached hydrogens (tertiary/aromatic N) is 1. The highest BCUT2D eigenvalue weighted by molar-refractivity contribution is 4.92. The van der Waals surface area contributed by atoms with Crippen LogP contribution in [-0.2, 0) is 0 Å². The number of hydrogen-bond acceptors (Lipinski definition) is 2. The summed E-state index contributed by atoms with van der Waals surface area (Å²) in [6, 6.07) is 0.382. The smallest absolute Gasteiger partial charge is 0.0131 e. The van der Waals surface area contributed by atoms with Crippen LogP contribution in [0.4, 0.5) is 0 Å². The van der Waals surface area contributed by atoms with E-state index in [1.807, 2.05) is 0 Å². The molecule has 1 aliphatic carbocycles. The zero-order valence-corrected chi connectivity index (χ0v) is 11.6. The second kappa shape index (κ2) is 6.02. The fraction of sp³-hybridized carbons (Fsp3) is 1.00. The normalized spacial score (nSPS) is 29.6. The van der Waals surface area contributed by atoms with Crippen molar-refractivity contribution in [3.8, 4) is 0 Å². The van der Waals surface area contributed by atoms with Crippen molar-refractivity contribution in [1.82, 2.24) is 4.90 Å². The van der Waals surface area contributed by atoms with Crippen LogP contribution < -0.4 is 5.73 Å². The quantitative estimate of drug-likeness (QED) is 0.781. The molecule has 0 radical (unpaired) electrons. The molecule has 0 spiro atoms. The molecule has 2 heteroatoms. The van der Waals surface area contributed by atoms with Crippen molar-refractivity contribution < 1.29 is 0 Å². The molecule has 1 aliphatic rings. The van der Waals surface area contributed by atoms with Crippen LogP contribution in [0.2, 0.25) is 0 Å². The van der Waals surface area contributed by atoms with Crippen LogP contribution in [0.1, 0.15) is 53.4 Å². The van der Waals surface area contributed by atoms with Gasteiger partial charge in [-0.25, -0.2) is 0 Å². The van der Waals surface area contributed by atoms with Gasteiger partial charge in [0, 0.05) is 12.6 Å². The summed E-state index contributed by atoms with van der Waals surface area (Å²) < 4.78 is 0. The summed E-state index contributed by atoms with van der Waals surface area (Å²) in [5, 5.41) is 0. The molecule has 0 aliphatic heterocycles. The summed E-state index contributed by atoms with van der Waals surface area (Å²) >= 11 is 0. The first-order chi connectivity index (χ1) is 7.51. The van der Waals surface area contributed by atoms with Crippen molar-refractivity contribution >= 4 is 0 Å². The highest BCUT2D eigenvalue weighted by Crippen LogP contribution is 2.37. The molecule has 1 saturated carbocycles. The Kier molecular flexibility index (Phi) is 5.26. The average molecular weight is 226 g/mol. The molecule has 0 saturated heterocycles. The van der Waals surface area contributed by atoms with E-state index in [4.69, 9.17) is 5.73 Å². The summed E-state index contributed by atoms with van der Waals surface area (Å²) in [6.07, 6.45) is 5.23. The lowest BCUT2D eigenvalue weighted by atomic mass is 9.68. The molecule has 2 unspecified atom stereocenters. The summed E-state index contributed by atoms with van der Waals surface area (Å²) in [4.78, 5) is 2.56. The molecular weight excluding hydrogens is 196 g/mol. The zero-order chi connectivity index (χ0) is 12.2. The Morgan fingerprint density at radius 1 is 1.31 bits per heavy atom. The van der Waals surface area contributed by atoms with Crippen LogP contribution in [0.25, 0.3) is 0 Å². The van der Waals surface area contributed by atoms with E-state index in [2.05, 4.69) is 32.6 Å². The highest BCUT2D eigenvalue weighted by atomic mass is 15.1. The highest BCUT2D eigenvalue weighted by Gasteiger charge is 2.36. The maximum atomic E-state index is 6.43. The van der Waals surface area contributed by atoms with Crippen LogP contribution in [0.3, 0.4) is 0 Å². The third-order valence-electron chi connectivity index (χ3n) is 4.29. The Bertz CT molecular complexity index is 201. The van der Waals surface area contributed by atoms with Crippen molar-refractivity contribution in [1.29, 1.82) is 0 Å². The summed E-state index contributed by atoms with van der Waals surface area (Å²) in [7, 11) is 0. The lowest BCUT2D eigenvalue weighted by Crippen LogP contribution is -2.50. The third kappa shape index (κ3) is 3.46. The van der Waals surface area contributed by atoms with Gasteiger partial charge < -0.3 is 10.6 Å². The van der Waals surface area contributed by atoms with Crippen LogP contribution in [-0.4, -0.2) is 30.6 Å². The fourth-order valence-corrected chi connectivity index (χ4v) is 3.04. The molecule has 0 bridgehead atoms. The second-order valence-electron chi connectivity index (χ2n) is 6.06. The van der Waals surface area contributed by atoms with Crippen LogP contribution in [0.5, 0.6) is 0 Å². The summed E-state index contributed by atoms with van der Waals surface area (Å²) in [6.45, 7) is 12.8. The molecule has 0 aromatic heterocycles. The molecule has 0 aromatic rings. The minimum absolute atomic E-state index is 0.342. The largest absolute Gasteiger partial charge is 0.327 e. The van der Waals surface area contributed by atoms with Gasteiger partial charge in [0.1, 0.15) is 0 Å². The van der Waals surface area contributed by atoms with Crippen molar-refractivity contribution in [2.24, 2.45) is 17.1 Å². The topological polar surface area (TPSA) is 29.3 Å². The van der Waals surface area contributed by atoms with Crippen molar-refractivity contribution in [3.05, 3.63) is 0 Å². The van der Waals surface area contributed by atoms with Crippen LogP contribution in [0, 0.1) is 11.3 Å². The van der Waals surface area contributed by atoms with Gasteiger partial charge in [-0.15, -0.1) is 0 Å². The number of rotatable bonds is 5. The number of nitrogens with two attached hydrogens (primary N) is 1. The Labute approximate surface area is 102 Å². The monoisotopic (exact) mass is 226 g/mol. The Hall–Kier alpha value is -0.0800. The predicted molar refractivity (Wildman–Crippen MR) is 71.5 cm³/mol. The Balaban J connectivity index is 2.52. The van der Waals surface area contributed by atoms with Crippen molar-refractivity contribution in [2.45, 2.75) is 59.4 Å². The van der Waals surface area contributed by atoms with E-state index in [9.17, 15) is 0 Å². The van der Waals surface area contributed by atoms with Gasteiger partial charge in [-0.3, -0.25) is 0 Å². The Morgan fingerprint density at radius 2 is 2.00 bits per heavy atom. The summed E-state index contributed by atoms with van der Waals surface area (Å²) in [5.41, 5.74) is 6.77.